The number of nitrogens with one attached hydrogen (secondary N) is 1. The van der Waals surface area contributed by atoms with E-state index in [4.69, 9.17) is 50.9 Å². The Morgan fingerprint density at radius 1 is 1.05 bits per heavy atom. The molecule has 0 aromatic heterocycles. The molecule has 0 aliphatic rings. The molecule has 0 spiro atoms. The fourth-order valence-electron chi connectivity index (χ4n) is 4.35. The normalized spacial score (nSPS) is 16.5. The lowest BCUT2D eigenvalue weighted by molar-refractivity contribution is -0.128. The van der Waals surface area contributed by atoms with E-state index in [-0.39, 0.29) is 30.7 Å². The molecule has 0 aliphatic heterocycles. The molecule has 2 amide bonds. The van der Waals surface area contributed by atoms with Crippen LogP contribution in [0.5, 0.6) is 11.5 Å². The Morgan fingerprint density at radius 3 is 2.20 bits per heavy atom. The first-order chi connectivity index (χ1) is 18.9. The predicted octanol–water partition coefficient (Wildman–Crippen LogP) is 3.60. The molecular weight excluding hydrogens is 562 g/mol. The summed E-state index contributed by atoms with van der Waals surface area (Å²) in [7, 11) is 3.26. The van der Waals surface area contributed by atoms with E-state index in [9.17, 15) is 14.7 Å². The Balaban J connectivity index is 3.06. The van der Waals surface area contributed by atoms with Crippen LogP contribution in [0.3, 0.4) is 0 Å². The Morgan fingerprint density at radius 2 is 1.68 bits per heavy atom. The largest absolute Gasteiger partial charge is 0.493 e. The summed E-state index contributed by atoms with van der Waals surface area (Å²) >= 11 is 9.45. The number of carbonyl (C=O) groups is 2. The molecule has 0 bridgehead atoms. The van der Waals surface area contributed by atoms with Crippen molar-refractivity contribution < 1.29 is 28.9 Å². The molecule has 0 radical (unpaired) electrons. The van der Waals surface area contributed by atoms with Gasteiger partial charge in [-0.1, -0.05) is 33.8 Å². The van der Waals surface area contributed by atoms with Crippen LogP contribution in [0.2, 0.25) is 0 Å². The molecule has 4 unspecified atom stereocenters. The van der Waals surface area contributed by atoms with E-state index in [1.165, 1.54) is 0 Å². The number of rotatable bonds is 19. The van der Waals surface area contributed by atoms with E-state index >= 15 is 0 Å². The second kappa shape index (κ2) is 16.3. The summed E-state index contributed by atoms with van der Waals surface area (Å²) in [5.41, 5.74) is 12.2. The van der Waals surface area contributed by atoms with Crippen LogP contribution in [-0.2, 0) is 20.7 Å². The van der Waals surface area contributed by atoms with E-state index < -0.39 is 33.0 Å². The molecule has 4 atom stereocenters. The van der Waals surface area contributed by atoms with Gasteiger partial charge >= 0.3 is 0 Å². The molecule has 1 rings (SSSR count). The number of carbonyl (C=O) groups excluding carboxylic acids is 2. The van der Waals surface area contributed by atoms with Gasteiger partial charge in [-0.2, -0.15) is 25.3 Å². The Bertz CT molecular complexity index is 989. The van der Waals surface area contributed by atoms with Gasteiger partial charge in [-0.05, 0) is 68.6 Å². The van der Waals surface area contributed by atoms with Crippen molar-refractivity contribution in [2.75, 3.05) is 34.0 Å². The first-order valence-electron chi connectivity index (χ1n) is 14.2. The minimum atomic E-state index is -1.30. The third kappa shape index (κ3) is 11.2. The number of nitrogens with two attached hydrogens (primary N) is 2. The Labute approximate surface area is 257 Å². The Hall–Kier alpha value is -1.66. The van der Waals surface area contributed by atoms with Gasteiger partial charge in [-0.3, -0.25) is 9.59 Å². The van der Waals surface area contributed by atoms with Crippen molar-refractivity contribution in [1.29, 1.82) is 0 Å². The average Bonchev–Trinajstić information content (AvgIpc) is 2.88. The van der Waals surface area contributed by atoms with Gasteiger partial charge in [0.25, 0.3) is 0 Å². The molecule has 6 N–H and O–H groups in total. The number of hydrogen-bond acceptors (Lipinski definition) is 9. The van der Waals surface area contributed by atoms with Gasteiger partial charge in [-0.25, -0.2) is 0 Å². The van der Waals surface area contributed by atoms with Crippen molar-refractivity contribution in [3.63, 3.8) is 0 Å². The van der Waals surface area contributed by atoms with Gasteiger partial charge in [0.15, 0.2) is 11.5 Å². The number of aliphatic hydroxyl groups excluding tert-OH is 1. The number of primary amides is 1. The molecule has 0 fully saturated rings. The van der Waals surface area contributed by atoms with Crippen LogP contribution in [0.15, 0.2) is 18.2 Å². The predicted molar refractivity (Wildman–Crippen MR) is 171 cm³/mol. The van der Waals surface area contributed by atoms with Crippen LogP contribution in [0.1, 0.15) is 66.4 Å². The van der Waals surface area contributed by atoms with Gasteiger partial charge in [0, 0.05) is 26.7 Å². The highest BCUT2D eigenvalue weighted by Gasteiger charge is 2.45. The summed E-state index contributed by atoms with van der Waals surface area (Å²) < 4.78 is 15.3. The van der Waals surface area contributed by atoms with Gasteiger partial charge in [0.05, 0.1) is 34.9 Å². The summed E-state index contributed by atoms with van der Waals surface area (Å²) in [5, 5.41) is 14.1. The summed E-state index contributed by atoms with van der Waals surface area (Å²) in [4.78, 5) is 23.7. The van der Waals surface area contributed by atoms with Crippen LogP contribution < -0.4 is 26.3 Å². The first-order valence-corrected chi connectivity index (χ1v) is 15.1. The topological polar surface area (TPSA) is 146 Å². The maximum Gasteiger partial charge on any atom is 0.236 e. The SMILES string of the molecule is COCCCOc1cc(CC(CC(N)(S)C(O)CC(S)(C(=O)NCC(C)(C)C(N)=O)C(C)C)C(C)C)ccc1OC. The first kappa shape index (κ1) is 37.4. The van der Waals surface area contributed by atoms with Crippen LogP contribution >= 0.6 is 25.3 Å². The molecule has 9 nitrogen and oxygen atoms in total. The minimum absolute atomic E-state index is 0.0244. The van der Waals surface area contributed by atoms with Crippen molar-refractivity contribution in [3.8, 4) is 11.5 Å². The molecule has 1 aromatic carbocycles. The number of methoxy groups -OCH3 is 2. The quantitative estimate of drug-likeness (QED) is 0.0792. The number of aliphatic hydroxyl groups is 1. The highest BCUT2D eigenvalue weighted by Crippen LogP contribution is 2.38. The number of amides is 2. The summed E-state index contributed by atoms with van der Waals surface area (Å²) in [5.74, 6) is 0.451. The summed E-state index contributed by atoms with van der Waals surface area (Å²) in [6.45, 7) is 12.4. The summed E-state index contributed by atoms with van der Waals surface area (Å²) in [6.07, 6.45) is 0.668. The van der Waals surface area contributed by atoms with E-state index in [2.05, 4.69) is 19.2 Å². The fraction of sp³-hybridized carbons (Fsp3) is 0.733. The van der Waals surface area contributed by atoms with Gasteiger partial charge in [-0.15, -0.1) is 0 Å². The van der Waals surface area contributed by atoms with E-state index in [0.717, 1.165) is 12.0 Å². The minimum Gasteiger partial charge on any atom is -0.493 e. The van der Waals surface area contributed by atoms with Crippen molar-refractivity contribution >= 4 is 37.1 Å². The van der Waals surface area contributed by atoms with Crippen LogP contribution in [0.4, 0.5) is 0 Å². The second-order valence-corrected chi connectivity index (χ2v) is 13.9. The van der Waals surface area contributed by atoms with Crippen molar-refractivity contribution in [2.45, 2.75) is 82.9 Å². The second-order valence-electron chi connectivity index (χ2n) is 12.3. The molecule has 0 aliphatic carbocycles. The fourth-order valence-corrected chi connectivity index (χ4v) is 4.93. The smallest absolute Gasteiger partial charge is 0.236 e. The van der Waals surface area contributed by atoms with Crippen LogP contribution in [0.25, 0.3) is 0 Å². The molecule has 0 heterocycles. The zero-order valence-electron chi connectivity index (χ0n) is 26.0. The number of hydrogen-bond donors (Lipinski definition) is 6. The lowest BCUT2D eigenvalue weighted by Crippen LogP contribution is -2.56. The maximum atomic E-state index is 13.3. The van der Waals surface area contributed by atoms with Crippen LogP contribution in [-0.4, -0.2) is 66.6 Å². The third-order valence-electron chi connectivity index (χ3n) is 7.80. The lowest BCUT2D eigenvalue weighted by Gasteiger charge is -2.40. The zero-order chi connectivity index (χ0) is 31.6. The van der Waals surface area contributed by atoms with Gasteiger partial charge in [0.2, 0.25) is 11.8 Å². The summed E-state index contributed by atoms with van der Waals surface area (Å²) in [6, 6.07) is 5.86. The Kier molecular flexibility index (Phi) is 14.8. The molecule has 0 saturated carbocycles. The molecule has 41 heavy (non-hydrogen) atoms. The molecule has 11 heteroatoms. The molecular formula is C30H53N3O6S2. The monoisotopic (exact) mass is 615 g/mol. The molecule has 236 valence electrons. The average molecular weight is 616 g/mol. The van der Waals surface area contributed by atoms with Crippen LogP contribution in [0, 0.1) is 23.2 Å². The van der Waals surface area contributed by atoms with E-state index in [0.29, 0.717) is 37.6 Å². The molecule has 1 aromatic rings. The standard InChI is InChI=1S/C30H53N3O6S2/c1-19(2)22(14-21-10-11-23(38-8)24(15-21)39-13-9-12-37-7)16-30(32,41)25(34)17-29(40,20(3)4)27(36)33-18-28(5,6)26(31)35/h10-11,15,19-20,22,25,34,40-41H,9,12-14,16-18,32H2,1-8H3,(H2,31,35)(H,33,36). The third-order valence-corrected chi connectivity index (χ3v) is 9.18. The highest BCUT2D eigenvalue weighted by atomic mass is 32.1. The lowest BCUT2D eigenvalue weighted by atomic mass is 9.80. The maximum absolute atomic E-state index is 13.3. The van der Waals surface area contributed by atoms with Gasteiger partial charge < -0.3 is 36.1 Å². The highest BCUT2D eigenvalue weighted by molar-refractivity contribution is 7.83. The van der Waals surface area contributed by atoms with E-state index in [1.54, 1.807) is 28.1 Å². The number of benzene rings is 1. The van der Waals surface area contributed by atoms with Crippen molar-refractivity contribution in [1.82, 2.24) is 5.32 Å². The zero-order valence-corrected chi connectivity index (χ0v) is 27.8. The molecule has 0 saturated heterocycles. The number of ether oxygens (including phenoxy) is 3. The van der Waals surface area contributed by atoms with E-state index in [1.807, 2.05) is 32.0 Å². The van der Waals surface area contributed by atoms with Gasteiger partial charge in [0.1, 0.15) is 0 Å². The van der Waals surface area contributed by atoms with Crippen molar-refractivity contribution in [3.05, 3.63) is 23.8 Å². The van der Waals surface area contributed by atoms with Crippen molar-refractivity contribution in [2.24, 2.45) is 34.6 Å². The number of thiol groups is 2.